The number of hydrogen-bond acceptors (Lipinski definition) is 0. The van der Waals surface area contributed by atoms with Crippen LogP contribution >= 0.6 is 0 Å². The van der Waals surface area contributed by atoms with Gasteiger partial charge in [0.05, 0.1) is 0 Å². The molecule has 1 nitrogen and oxygen atoms in total. The highest BCUT2D eigenvalue weighted by molar-refractivity contribution is 5.38. The van der Waals surface area contributed by atoms with Crippen molar-refractivity contribution in [2.75, 3.05) is 0 Å². The quantitative estimate of drug-likeness (QED) is 0.595. The zero-order chi connectivity index (χ0) is 12.0. The molecule has 0 aromatic carbocycles. The molecule has 2 rings (SSSR count). The molecule has 15 heavy (non-hydrogen) atoms. The molecule has 0 radical (unpaired) electrons. The van der Waals surface area contributed by atoms with Crippen molar-refractivity contribution in [1.29, 1.82) is 0 Å². The highest BCUT2D eigenvalue weighted by Crippen LogP contribution is 2.35. The van der Waals surface area contributed by atoms with E-state index in [1.807, 2.05) is 27.7 Å². The van der Waals surface area contributed by atoms with E-state index in [1.54, 1.807) is 11.1 Å². The first-order valence-corrected chi connectivity index (χ1v) is 6.35. The first-order chi connectivity index (χ1) is 7.20. The minimum Gasteiger partial charge on any atom is -0.354 e. The highest BCUT2D eigenvalue weighted by atomic mass is 14.9. The average Bonchev–Trinajstić information content (AvgIpc) is 2.77. The van der Waals surface area contributed by atoms with Gasteiger partial charge in [-0.05, 0) is 36.8 Å². The van der Waals surface area contributed by atoms with Crippen molar-refractivity contribution in [3.8, 4) is 0 Å². The Hall–Kier alpha value is -0.720. The topological polar surface area (TPSA) is 4.93 Å². The predicted molar refractivity (Wildman–Crippen MR) is 69.6 cm³/mol. The first kappa shape index (κ1) is 14.3. The Kier molecular flexibility index (Phi) is 6.38. The van der Waals surface area contributed by atoms with E-state index >= 15 is 0 Å². The molecule has 0 saturated heterocycles. The van der Waals surface area contributed by atoms with Crippen LogP contribution in [0, 0.1) is 6.92 Å². The molecule has 1 aromatic rings. The van der Waals surface area contributed by atoms with Crippen LogP contribution in [0.2, 0.25) is 0 Å². The molecular weight excluding hydrogens is 182 g/mol. The normalized spacial score (nSPS) is 17.1. The zero-order valence-corrected chi connectivity index (χ0v) is 11.5. The maximum absolute atomic E-state index is 2.33. The molecule has 0 saturated carbocycles. The van der Waals surface area contributed by atoms with E-state index in [0.717, 1.165) is 5.92 Å². The fourth-order valence-electron chi connectivity index (χ4n) is 2.21. The van der Waals surface area contributed by atoms with E-state index in [-0.39, 0.29) is 0 Å². The van der Waals surface area contributed by atoms with Gasteiger partial charge in [0, 0.05) is 18.9 Å². The fourth-order valence-corrected chi connectivity index (χ4v) is 2.21. The van der Waals surface area contributed by atoms with E-state index in [4.69, 9.17) is 0 Å². The Morgan fingerprint density at radius 2 is 1.73 bits per heavy atom. The first-order valence-electron chi connectivity index (χ1n) is 6.35. The molecule has 0 aliphatic heterocycles. The minimum atomic E-state index is 0.797. The van der Waals surface area contributed by atoms with Crippen LogP contribution in [0.3, 0.4) is 0 Å². The van der Waals surface area contributed by atoms with Crippen LogP contribution in [-0.4, -0.2) is 4.57 Å². The summed E-state index contributed by atoms with van der Waals surface area (Å²) in [7, 11) is 2.14. The van der Waals surface area contributed by atoms with Crippen LogP contribution in [0.15, 0.2) is 6.20 Å². The smallest absolute Gasteiger partial charge is 0.0178 e. The Morgan fingerprint density at radius 1 is 1.20 bits per heavy atom. The molecule has 0 bridgehead atoms. The van der Waals surface area contributed by atoms with E-state index in [1.165, 1.54) is 18.5 Å². The largest absolute Gasteiger partial charge is 0.354 e. The minimum absolute atomic E-state index is 0.797. The van der Waals surface area contributed by atoms with Gasteiger partial charge in [0.1, 0.15) is 0 Å². The lowest BCUT2D eigenvalue weighted by Gasteiger charge is -2.04. The molecular formula is C14H27N. The lowest BCUT2D eigenvalue weighted by Crippen LogP contribution is -1.93. The van der Waals surface area contributed by atoms with Crippen LogP contribution in [0.4, 0.5) is 0 Å². The van der Waals surface area contributed by atoms with Gasteiger partial charge in [0.25, 0.3) is 0 Å². The van der Waals surface area contributed by atoms with Crippen molar-refractivity contribution >= 4 is 0 Å². The van der Waals surface area contributed by atoms with Crippen LogP contribution in [0.25, 0.3) is 0 Å². The SMILES string of the molecule is CC.CC.Cc1c2c(cn1C)CCC2C. The third kappa shape index (κ3) is 2.87. The van der Waals surface area contributed by atoms with Gasteiger partial charge in [-0.15, -0.1) is 0 Å². The fraction of sp³-hybridized carbons (Fsp3) is 0.714. The average molecular weight is 209 g/mol. The Balaban J connectivity index is 0.000000442. The van der Waals surface area contributed by atoms with Crippen molar-refractivity contribution < 1.29 is 0 Å². The van der Waals surface area contributed by atoms with Gasteiger partial charge < -0.3 is 4.57 Å². The van der Waals surface area contributed by atoms with Gasteiger partial charge in [-0.2, -0.15) is 0 Å². The molecule has 0 N–H and O–H groups in total. The summed E-state index contributed by atoms with van der Waals surface area (Å²) in [6, 6.07) is 0. The summed E-state index contributed by atoms with van der Waals surface area (Å²) in [5.41, 5.74) is 4.66. The standard InChI is InChI=1S/C10H15N.2C2H6/c1-7-4-5-9-6-11(3)8(2)10(7)9;2*1-2/h6-7H,4-5H2,1-3H3;2*1-2H3. The Morgan fingerprint density at radius 3 is 2.20 bits per heavy atom. The van der Waals surface area contributed by atoms with Crippen LogP contribution in [0.5, 0.6) is 0 Å². The summed E-state index contributed by atoms with van der Waals surface area (Å²) in [6.45, 7) is 12.6. The Bertz CT molecular complexity index is 284. The number of rotatable bonds is 0. The van der Waals surface area contributed by atoms with E-state index in [2.05, 4.69) is 31.7 Å². The number of aryl methyl sites for hydroxylation is 2. The molecule has 1 heteroatoms. The molecule has 1 aliphatic rings. The number of fused-ring (bicyclic) bond motifs is 1. The summed E-state index contributed by atoms with van der Waals surface area (Å²) in [4.78, 5) is 0. The van der Waals surface area contributed by atoms with Crippen LogP contribution < -0.4 is 0 Å². The van der Waals surface area contributed by atoms with Crippen molar-refractivity contribution in [2.45, 2.75) is 60.3 Å². The van der Waals surface area contributed by atoms with Gasteiger partial charge in [0.15, 0.2) is 0 Å². The van der Waals surface area contributed by atoms with E-state index < -0.39 is 0 Å². The molecule has 0 spiro atoms. The van der Waals surface area contributed by atoms with Gasteiger partial charge in [0.2, 0.25) is 0 Å². The van der Waals surface area contributed by atoms with Crippen molar-refractivity contribution in [2.24, 2.45) is 7.05 Å². The van der Waals surface area contributed by atoms with E-state index in [9.17, 15) is 0 Å². The van der Waals surface area contributed by atoms with E-state index in [0.29, 0.717) is 0 Å². The van der Waals surface area contributed by atoms with Crippen molar-refractivity contribution in [3.05, 3.63) is 23.0 Å². The van der Waals surface area contributed by atoms with Gasteiger partial charge in [-0.3, -0.25) is 0 Å². The molecule has 1 aliphatic carbocycles. The Labute approximate surface area is 95.5 Å². The monoisotopic (exact) mass is 209 g/mol. The molecule has 0 amide bonds. The molecule has 1 unspecified atom stereocenters. The van der Waals surface area contributed by atoms with Gasteiger partial charge in [-0.25, -0.2) is 0 Å². The maximum atomic E-state index is 2.33. The van der Waals surface area contributed by atoms with Gasteiger partial charge >= 0.3 is 0 Å². The summed E-state index contributed by atoms with van der Waals surface area (Å²) in [5.74, 6) is 0.797. The van der Waals surface area contributed by atoms with Crippen LogP contribution in [-0.2, 0) is 13.5 Å². The molecule has 88 valence electrons. The third-order valence-electron chi connectivity index (χ3n) is 2.95. The number of hydrogen-bond donors (Lipinski definition) is 0. The second-order valence-corrected chi connectivity index (χ2v) is 3.70. The molecule has 1 aromatic heterocycles. The highest BCUT2D eigenvalue weighted by Gasteiger charge is 2.22. The number of nitrogens with zero attached hydrogens (tertiary/aromatic N) is 1. The zero-order valence-electron chi connectivity index (χ0n) is 11.5. The predicted octanol–water partition coefficient (Wildman–Crippen LogP) is 4.44. The molecule has 0 fully saturated rings. The molecule has 1 heterocycles. The second-order valence-electron chi connectivity index (χ2n) is 3.70. The lowest BCUT2D eigenvalue weighted by atomic mass is 10.0. The second kappa shape index (κ2) is 6.71. The van der Waals surface area contributed by atoms with Crippen LogP contribution in [0.1, 0.15) is 63.8 Å². The summed E-state index contributed by atoms with van der Waals surface area (Å²) >= 11 is 0. The summed E-state index contributed by atoms with van der Waals surface area (Å²) in [5, 5.41) is 0. The van der Waals surface area contributed by atoms with Crippen molar-refractivity contribution in [3.63, 3.8) is 0 Å². The van der Waals surface area contributed by atoms with Gasteiger partial charge in [-0.1, -0.05) is 34.6 Å². The summed E-state index contributed by atoms with van der Waals surface area (Å²) < 4.78 is 2.25. The lowest BCUT2D eigenvalue weighted by molar-refractivity contribution is 0.721. The number of aromatic nitrogens is 1. The summed E-state index contributed by atoms with van der Waals surface area (Å²) in [6.07, 6.45) is 4.93. The van der Waals surface area contributed by atoms with Crippen molar-refractivity contribution in [1.82, 2.24) is 4.57 Å². The third-order valence-corrected chi connectivity index (χ3v) is 2.95. The maximum Gasteiger partial charge on any atom is 0.0178 e. The molecule has 1 atom stereocenters.